The summed E-state index contributed by atoms with van der Waals surface area (Å²) in [4.78, 5) is 7.65. The summed E-state index contributed by atoms with van der Waals surface area (Å²) >= 11 is 0. The van der Waals surface area contributed by atoms with Crippen LogP contribution in [-0.4, -0.2) is 85.5 Å². The van der Waals surface area contributed by atoms with Crippen LogP contribution < -0.4 is 28.9 Å². The maximum atomic E-state index is 2.88. The normalized spacial score (nSPS) is 43.0. The Kier molecular flexibility index (Phi) is 5.16. The molecule has 4 rings (SSSR count). The molecular weight excluding hydrogens is 375 g/mol. The number of piperazine rings is 2. The summed E-state index contributed by atoms with van der Waals surface area (Å²) < 4.78 is 1.44. The fourth-order valence-corrected chi connectivity index (χ4v) is 5.61. The fourth-order valence-electron chi connectivity index (χ4n) is 5.61. The molecule has 4 unspecified atom stereocenters. The average molecular weight is 407 g/mol. The van der Waals surface area contributed by atoms with Crippen molar-refractivity contribution in [2.45, 2.75) is 44.9 Å². The lowest BCUT2D eigenvalue weighted by atomic mass is 9.97. The first-order valence-electron chi connectivity index (χ1n) is 9.02. The zero-order valence-corrected chi connectivity index (χ0v) is 15.7. The zero-order valence-electron chi connectivity index (χ0n) is 13.6. The van der Waals surface area contributed by atoms with E-state index in [-0.39, 0.29) is 24.0 Å². The first kappa shape index (κ1) is 16.4. The molecular formula is C16H32IN4+. The van der Waals surface area contributed by atoms with Gasteiger partial charge in [-0.05, 0) is 6.42 Å². The van der Waals surface area contributed by atoms with Gasteiger partial charge >= 0.3 is 0 Å². The molecule has 0 aromatic rings. The number of nitrogens with zero attached hydrogens (tertiary/aromatic N) is 3. The van der Waals surface area contributed by atoms with Crippen molar-refractivity contribution in [2.24, 2.45) is 0 Å². The van der Waals surface area contributed by atoms with Crippen LogP contribution in [0, 0.1) is 0 Å². The predicted octanol–water partition coefficient (Wildman–Crippen LogP) is -3.42. The van der Waals surface area contributed by atoms with Crippen LogP contribution >= 0.6 is 0 Å². The van der Waals surface area contributed by atoms with E-state index in [2.05, 4.69) is 16.7 Å². The molecule has 4 aliphatic heterocycles. The summed E-state index contributed by atoms with van der Waals surface area (Å²) in [5.74, 6) is 0. The van der Waals surface area contributed by atoms with Gasteiger partial charge in [0, 0.05) is 25.9 Å². The van der Waals surface area contributed by atoms with E-state index < -0.39 is 0 Å². The highest BCUT2D eigenvalue weighted by molar-refractivity contribution is 4.86. The summed E-state index contributed by atoms with van der Waals surface area (Å²) in [5, 5.41) is 0. The van der Waals surface area contributed by atoms with E-state index in [0.29, 0.717) is 0 Å². The van der Waals surface area contributed by atoms with Crippen molar-refractivity contribution in [3.05, 3.63) is 0 Å². The van der Waals surface area contributed by atoms with Crippen molar-refractivity contribution >= 4 is 0 Å². The molecule has 5 heteroatoms. The van der Waals surface area contributed by atoms with Gasteiger partial charge in [0.15, 0.2) is 0 Å². The summed E-state index contributed by atoms with van der Waals surface area (Å²) in [5.41, 5.74) is 0. The Hall–Kier alpha value is 0.570. The Morgan fingerprint density at radius 3 is 2.71 bits per heavy atom. The lowest BCUT2D eigenvalue weighted by molar-refractivity contribution is -1.05. The minimum atomic E-state index is 0. The van der Waals surface area contributed by atoms with Gasteiger partial charge in [-0.15, -0.1) is 0 Å². The maximum absolute atomic E-state index is 2.88. The molecule has 21 heavy (non-hydrogen) atoms. The van der Waals surface area contributed by atoms with E-state index in [1.807, 2.05) is 4.90 Å². The molecule has 4 heterocycles. The largest absolute Gasteiger partial charge is 1.00 e. The molecule has 0 radical (unpaired) electrons. The van der Waals surface area contributed by atoms with E-state index in [4.69, 9.17) is 0 Å². The van der Waals surface area contributed by atoms with Crippen molar-refractivity contribution in [3.8, 4) is 0 Å². The van der Waals surface area contributed by atoms with Gasteiger partial charge in [-0.3, -0.25) is 0 Å². The van der Waals surface area contributed by atoms with Crippen LogP contribution in [0.15, 0.2) is 0 Å². The number of quaternary nitrogens is 2. The number of unbranched alkanes of at least 4 members (excludes halogenated alkanes) is 1. The molecule has 0 aromatic heterocycles. The minimum Gasteiger partial charge on any atom is -1.00 e. The van der Waals surface area contributed by atoms with Crippen LogP contribution in [0.3, 0.4) is 0 Å². The molecule has 0 aromatic carbocycles. The smallest absolute Gasteiger partial charge is 0.213 e. The summed E-state index contributed by atoms with van der Waals surface area (Å²) in [6.07, 6.45) is 7.29. The minimum absolute atomic E-state index is 0. The Bertz CT molecular complexity index is 360. The fraction of sp³-hybridized carbons (Fsp3) is 1.00. The van der Waals surface area contributed by atoms with Gasteiger partial charge in [-0.2, -0.15) is 0 Å². The number of hydrogen-bond donors (Lipinski definition) is 1. The molecule has 0 bridgehead atoms. The van der Waals surface area contributed by atoms with E-state index in [1.165, 1.54) is 89.1 Å². The van der Waals surface area contributed by atoms with Crippen molar-refractivity contribution in [1.82, 2.24) is 9.80 Å². The molecule has 0 spiro atoms. The third kappa shape index (κ3) is 2.67. The molecule has 1 N–H and O–H groups in total. The number of nitrogens with one attached hydrogen (secondary N) is 1. The molecule has 4 aliphatic rings. The molecule has 4 nitrogen and oxygen atoms in total. The molecule has 4 atom stereocenters. The molecule has 0 amide bonds. The van der Waals surface area contributed by atoms with Crippen LogP contribution in [0.1, 0.15) is 32.6 Å². The second-order valence-electron chi connectivity index (χ2n) is 7.54. The van der Waals surface area contributed by atoms with Crippen LogP contribution in [0.4, 0.5) is 0 Å². The number of hydrogen-bond acceptors (Lipinski definition) is 2. The van der Waals surface area contributed by atoms with E-state index in [9.17, 15) is 0 Å². The third-order valence-electron chi connectivity index (χ3n) is 6.53. The van der Waals surface area contributed by atoms with E-state index in [0.717, 1.165) is 12.3 Å². The van der Waals surface area contributed by atoms with Crippen LogP contribution in [0.2, 0.25) is 0 Å². The SMILES string of the molecule is CCCC[N+]12CCCN3CC[NH+]4CCCN(CC1)C4C32.[I-]. The van der Waals surface area contributed by atoms with Gasteiger partial charge in [0.2, 0.25) is 12.3 Å². The molecule has 0 aliphatic carbocycles. The third-order valence-corrected chi connectivity index (χ3v) is 6.53. The topological polar surface area (TPSA) is 10.9 Å². The summed E-state index contributed by atoms with van der Waals surface area (Å²) in [6, 6.07) is 0. The average Bonchev–Trinajstić information content (AvgIpc) is 2.51. The van der Waals surface area contributed by atoms with Crippen molar-refractivity contribution in [2.75, 3.05) is 58.9 Å². The summed E-state index contributed by atoms with van der Waals surface area (Å²) in [6.45, 7) is 15.0. The summed E-state index contributed by atoms with van der Waals surface area (Å²) in [7, 11) is 0. The molecule has 4 saturated heterocycles. The van der Waals surface area contributed by atoms with Gasteiger partial charge in [0.25, 0.3) is 0 Å². The van der Waals surface area contributed by atoms with Gasteiger partial charge < -0.3 is 33.4 Å². The lowest BCUT2D eigenvalue weighted by Gasteiger charge is -2.62. The lowest BCUT2D eigenvalue weighted by Crippen LogP contribution is -3.24. The quantitative estimate of drug-likeness (QED) is 0.386. The van der Waals surface area contributed by atoms with Crippen LogP contribution in [0.5, 0.6) is 0 Å². The molecule has 122 valence electrons. The Morgan fingerprint density at radius 2 is 1.86 bits per heavy atom. The monoisotopic (exact) mass is 407 g/mol. The standard InChI is InChI=1S/C16H31N4.HI/c1-2-3-12-20-13-5-8-19-10-9-17-6-4-7-18(11-14-20)15(17)16(19)20;/h15-16H,2-14H2,1H3;1H/q+1;. The molecule has 4 fully saturated rings. The Labute approximate surface area is 147 Å². The highest BCUT2D eigenvalue weighted by Crippen LogP contribution is 2.32. The van der Waals surface area contributed by atoms with E-state index >= 15 is 0 Å². The van der Waals surface area contributed by atoms with Gasteiger partial charge in [0.05, 0.1) is 45.8 Å². The van der Waals surface area contributed by atoms with E-state index in [1.54, 1.807) is 0 Å². The van der Waals surface area contributed by atoms with Gasteiger partial charge in [-0.25, -0.2) is 9.80 Å². The maximum Gasteiger partial charge on any atom is 0.213 e. The highest BCUT2D eigenvalue weighted by Gasteiger charge is 2.59. The van der Waals surface area contributed by atoms with Crippen molar-refractivity contribution < 1.29 is 33.4 Å². The van der Waals surface area contributed by atoms with Crippen molar-refractivity contribution in [3.63, 3.8) is 0 Å². The van der Waals surface area contributed by atoms with Gasteiger partial charge in [0.1, 0.15) is 0 Å². The Balaban J connectivity index is 0.00000132. The second kappa shape index (κ2) is 6.59. The number of halogens is 1. The van der Waals surface area contributed by atoms with Gasteiger partial charge in [-0.1, -0.05) is 13.3 Å². The molecule has 0 saturated carbocycles. The number of rotatable bonds is 3. The Morgan fingerprint density at radius 1 is 1.00 bits per heavy atom. The van der Waals surface area contributed by atoms with Crippen LogP contribution in [0.25, 0.3) is 0 Å². The predicted molar refractivity (Wildman–Crippen MR) is 80.4 cm³/mol. The van der Waals surface area contributed by atoms with Crippen LogP contribution in [-0.2, 0) is 0 Å². The highest BCUT2D eigenvalue weighted by atomic mass is 127. The van der Waals surface area contributed by atoms with Crippen molar-refractivity contribution in [1.29, 1.82) is 0 Å². The second-order valence-corrected chi connectivity index (χ2v) is 7.54. The first-order valence-corrected chi connectivity index (χ1v) is 9.02. The first-order chi connectivity index (χ1) is 9.84. The zero-order chi connectivity index (χ0) is 13.6.